The second-order valence-electron chi connectivity index (χ2n) is 4.96. The molecule has 0 aliphatic carbocycles. The van der Waals surface area contributed by atoms with E-state index in [9.17, 15) is 14.8 Å². The van der Waals surface area contributed by atoms with Crippen molar-refractivity contribution in [2.45, 2.75) is 18.1 Å². The number of aliphatic hydroxyl groups excluding tert-OH is 2. The molecule has 1 fully saturated rings. The lowest BCUT2D eigenvalue weighted by Crippen LogP contribution is -2.52. The maximum Gasteiger partial charge on any atom is 0.351 e. The van der Waals surface area contributed by atoms with E-state index in [1.165, 1.54) is 6.33 Å². The average Bonchev–Trinajstić information content (AvgIpc) is 3.06. The molecule has 1 aliphatic heterocycles. The molecular weight excluding hydrogens is 333 g/mol. The number of hydrogen-bond donors (Lipinski definition) is 6. The summed E-state index contributed by atoms with van der Waals surface area (Å²) in [5.41, 5.74) is 0.166. The van der Waals surface area contributed by atoms with E-state index in [-0.39, 0.29) is 23.3 Å². The van der Waals surface area contributed by atoms with E-state index >= 15 is 0 Å². The number of aromatic amines is 1. The van der Waals surface area contributed by atoms with Gasteiger partial charge in [-0.05, 0) is 0 Å². The van der Waals surface area contributed by atoms with Crippen LogP contribution in [-0.2, 0) is 19.9 Å². The molecule has 0 spiro atoms. The predicted octanol–water partition coefficient (Wildman–Crippen LogP) is -2.25. The standard InChI is InChI=1S/C10H14N5O7P/c11-8-6-9(13-2-12-6)14-3-15(8)10(22-4-23(18,19)20)7(17)5(16)1-21-10/h2-3,5,7,11,16-17H,1,4H2,(H,12,13)(H2,18,19,20)/t5-,7-,10+/m1/s1. The fourth-order valence-corrected chi connectivity index (χ4v) is 2.65. The first-order valence-electron chi connectivity index (χ1n) is 6.39. The van der Waals surface area contributed by atoms with E-state index < -0.39 is 32.1 Å². The summed E-state index contributed by atoms with van der Waals surface area (Å²) in [5, 5.41) is 28.1. The zero-order valence-electron chi connectivity index (χ0n) is 11.5. The third kappa shape index (κ3) is 2.70. The van der Waals surface area contributed by atoms with Gasteiger partial charge in [-0.2, -0.15) is 0 Å². The first kappa shape index (κ1) is 16.2. The molecule has 3 atom stereocenters. The van der Waals surface area contributed by atoms with Crippen LogP contribution in [0.2, 0.25) is 0 Å². The van der Waals surface area contributed by atoms with E-state index in [2.05, 4.69) is 15.0 Å². The fraction of sp³-hybridized carbons (Fsp3) is 0.500. The highest BCUT2D eigenvalue weighted by atomic mass is 31.2. The predicted molar refractivity (Wildman–Crippen MR) is 71.7 cm³/mol. The van der Waals surface area contributed by atoms with Crippen molar-refractivity contribution in [2.75, 3.05) is 13.0 Å². The molecule has 6 N–H and O–H groups in total. The molecule has 0 amide bonds. The van der Waals surface area contributed by atoms with E-state index in [1.54, 1.807) is 0 Å². The lowest BCUT2D eigenvalue weighted by atomic mass is 10.2. The Morgan fingerprint density at radius 2 is 2.26 bits per heavy atom. The molecular formula is C10H14N5O7P. The molecule has 0 unspecified atom stereocenters. The molecule has 126 valence electrons. The molecule has 3 heterocycles. The summed E-state index contributed by atoms with van der Waals surface area (Å²) >= 11 is 0. The van der Waals surface area contributed by atoms with Crippen molar-refractivity contribution in [3.8, 4) is 0 Å². The van der Waals surface area contributed by atoms with Gasteiger partial charge in [-0.3, -0.25) is 14.5 Å². The SMILES string of the molecule is N=c1c2[nH]cnc2ncn1[C@]1(OCP(=O)(O)O)OC[C@@H](O)[C@H]1O. The topological polar surface area (TPSA) is 187 Å². The molecule has 0 aromatic carbocycles. The highest BCUT2D eigenvalue weighted by molar-refractivity contribution is 7.51. The van der Waals surface area contributed by atoms with Gasteiger partial charge in [-0.1, -0.05) is 0 Å². The van der Waals surface area contributed by atoms with E-state index in [0.717, 1.165) is 10.9 Å². The van der Waals surface area contributed by atoms with E-state index in [0.29, 0.717) is 0 Å². The van der Waals surface area contributed by atoms with Crippen LogP contribution in [0.3, 0.4) is 0 Å². The maximum absolute atomic E-state index is 11.1. The normalized spacial score (nSPS) is 28.5. The van der Waals surface area contributed by atoms with Gasteiger partial charge in [-0.25, -0.2) is 9.97 Å². The van der Waals surface area contributed by atoms with Crippen molar-refractivity contribution < 1.29 is 34.0 Å². The summed E-state index contributed by atoms with van der Waals surface area (Å²) in [6.45, 7) is -0.351. The van der Waals surface area contributed by atoms with Crippen LogP contribution in [-0.4, -0.2) is 64.7 Å². The van der Waals surface area contributed by atoms with Gasteiger partial charge in [0, 0.05) is 0 Å². The van der Waals surface area contributed by atoms with E-state index in [1.807, 2.05) is 0 Å². The van der Waals surface area contributed by atoms with Gasteiger partial charge in [-0.15, -0.1) is 0 Å². The number of imidazole rings is 1. The molecule has 12 nitrogen and oxygen atoms in total. The zero-order valence-corrected chi connectivity index (χ0v) is 12.4. The number of rotatable bonds is 4. The van der Waals surface area contributed by atoms with Crippen LogP contribution >= 0.6 is 7.60 Å². The van der Waals surface area contributed by atoms with E-state index in [4.69, 9.17) is 24.7 Å². The minimum absolute atomic E-state index is 0.198. The first-order valence-corrected chi connectivity index (χ1v) is 8.19. The summed E-state index contributed by atoms with van der Waals surface area (Å²) in [6, 6.07) is 0. The van der Waals surface area contributed by atoms with Crippen molar-refractivity contribution in [1.82, 2.24) is 19.5 Å². The van der Waals surface area contributed by atoms with Gasteiger partial charge in [0.2, 0.25) is 0 Å². The molecule has 2 aromatic rings. The Labute approximate surface area is 128 Å². The summed E-state index contributed by atoms with van der Waals surface area (Å²) in [5.74, 6) is -2.19. The molecule has 3 rings (SSSR count). The largest absolute Gasteiger partial charge is 0.388 e. The van der Waals surface area contributed by atoms with Gasteiger partial charge in [0.1, 0.15) is 17.9 Å². The molecule has 13 heteroatoms. The van der Waals surface area contributed by atoms with Gasteiger partial charge < -0.3 is 34.5 Å². The van der Waals surface area contributed by atoms with Crippen LogP contribution in [0.4, 0.5) is 0 Å². The molecule has 23 heavy (non-hydrogen) atoms. The number of ether oxygens (including phenoxy) is 2. The van der Waals surface area contributed by atoms with Gasteiger partial charge in [0.05, 0.1) is 12.9 Å². The zero-order chi connectivity index (χ0) is 16.8. The summed E-state index contributed by atoms with van der Waals surface area (Å²) in [4.78, 5) is 28.5. The summed E-state index contributed by atoms with van der Waals surface area (Å²) < 4.78 is 22.4. The summed E-state index contributed by atoms with van der Waals surface area (Å²) in [6.07, 6.45) is -1.75. The van der Waals surface area contributed by atoms with Gasteiger partial charge >= 0.3 is 7.60 Å². The highest BCUT2D eigenvalue weighted by Crippen LogP contribution is 2.40. The van der Waals surface area contributed by atoms with Gasteiger partial charge in [0.15, 0.2) is 23.6 Å². The number of fused-ring (bicyclic) bond motifs is 1. The van der Waals surface area contributed by atoms with Gasteiger partial charge in [0.25, 0.3) is 5.91 Å². The third-order valence-corrected chi connectivity index (χ3v) is 3.83. The monoisotopic (exact) mass is 347 g/mol. The first-order chi connectivity index (χ1) is 10.7. The lowest BCUT2D eigenvalue weighted by molar-refractivity contribution is -0.300. The van der Waals surface area contributed by atoms with Crippen molar-refractivity contribution in [3.63, 3.8) is 0 Å². The number of aliphatic hydroxyl groups is 2. The van der Waals surface area contributed by atoms with Crippen LogP contribution in [0, 0.1) is 5.41 Å². The van der Waals surface area contributed by atoms with Crippen molar-refractivity contribution in [1.29, 1.82) is 5.41 Å². The number of nitrogens with one attached hydrogen (secondary N) is 2. The highest BCUT2D eigenvalue weighted by Gasteiger charge is 2.53. The summed E-state index contributed by atoms with van der Waals surface area (Å²) in [7, 11) is -4.59. The Kier molecular flexibility index (Phi) is 3.84. The molecule has 0 bridgehead atoms. The van der Waals surface area contributed by atoms with Crippen molar-refractivity contribution in [3.05, 3.63) is 18.1 Å². The Hall–Kier alpha value is -1.66. The van der Waals surface area contributed by atoms with Crippen LogP contribution in [0.25, 0.3) is 11.2 Å². The van der Waals surface area contributed by atoms with Crippen molar-refractivity contribution in [2.24, 2.45) is 0 Å². The van der Waals surface area contributed by atoms with Crippen molar-refractivity contribution >= 4 is 18.8 Å². The average molecular weight is 347 g/mol. The Balaban J connectivity index is 2.12. The second kappa shape index (κ2) is 5.46. The molecule has 1 saturated heterocycles. The quantitative estimate of drug-likeness (QED) is 0.332. The Morgan fingerprint density at radius 3 is 2.87 bits per heavy atom. The molecule has 0 radical (unpaired) electrons. The fourth-order valence-electron chi connectivity index (χ4n) is 2.30. The lowest BCUT2D eigenvalue weighted by Gasteiger charge is -2.33. The molecule has 2 aromatic heterocycles. The minimum Gasteiger partial charge on any atom is -0.388 e. The van der Waals surface area contributed by atoms with Crippen LogP contribution in [0.15, 0.2) is 12.7 Å². The third-order valence-electron chi connectivity index (χ3n) is 3.37. The smallest absolute Gasteiger partial charge is 0.351 e. The Morgan fingerprint density at radius 1 is 1.52 bits per heavy atom. The number of aromatic nitrogens is 4. The molecule has 1 aliphatic rings. The van der Waals surface area contributed by atoms with Crippen LogP contribution in [0.1, 0.15) is 0 Å². The minimum atomic E-state index is -4.59. The second-order valence-corrected chi connectivity index (χ2v) is 6.54. The number of nitrogens with zero attached hydrogens (tertiary/aromatic N) is 3. The molecule has 0 saturated carbocycles. The maximum atomic E-state index is 11.1. The number of H-pyrrole nitrogens is 1. The van der Waals surface area contributed by atoms with Crippen LogP contribution < -0.4 is 5.49 Å². The Bertz CT molecular complexity index is 830. The number of hydrogen-bond acceptors (Lipinski definition) is 8. The van der Waals surface area contributed by atoms with Crippen LogP contribution in [0.5, 0.6) is 0 Å².